The summed E-state index contributed by atoms with van der Waals surface area (Å²) in [4.78, 5) is 29.7. The van der Waals surface area contributed by atoms with Gasteiger partial charge in [0.25, 0.3) is 6.43 Å². The van der Waals surface area contributed by atoms with Gasteiger partial charge in [0.05, 0.1) is 50.1 Å². The molecule has 0 aliphatic carbocycles. The number of carboxylic acid groups (broad SMARTS) is 1. The lowest BCUT2D eigenvalue weighted by Gasteiger charge is -2.53. The fourth-order valence-corrected chi connectivity index (χ4v) is 7.04. The van der Waals surface area contributed by atoms with Gasteiger partial charge in [-0.15, -0.1) is 11.3 Å². The van der Waals surface area contributed by atoms with Crippen molar-refractivity contribution in [1.29, 1.82) is 0 Å². The Bertz CT molecular complexity index is 1740. The predicted molar refractivity (Wildman–Crippen MR) is 171 cm³/mol. The predicted octanol–water partition coefficient (Wildman–Crippen LogP) is 5.32. The maximum atomic E-state index is 13.9. The lowest BCUT2D eigenvalue weighted by molar-refractivity contribution is -0.228. The van der Waals surface area contributed by atoms with Crippen LogP contribution in [0.15, 0.2) is 60.1 Å². The molecule has 3 aliphatic heterocycles. The van der Waals surface area contributed by atoms with E-state index in [1.165, 1.54) is 16.2 Å². The van der Waals surface area contributed by atoms with E-state index in [0.717, 1.165) is 22.6 Å². The molecule has 14 heteroatoms. The molecule has 7 rings (SSSR count). The number of methoxy groups -OCH3 is 1. The number of aliphatic carboxylic acids is 1. The molecule has 0 saturated carbocycles. The lowest BCUT2D eigenvalue weighted by atomic mass is 9.90. The molecule has 0 radical (unpaired) electrons. The van der Waals surface area contributed by atoms with Crippen LogP contribution in [-0.2, 0) is 14.3 Å². The molecule has 3 aliphatic rings. The van der Waals surface area contributed by atoms with E-state index in [4.69, 9.17) is 23.9 Å². The zero-order valence-electron chi connectivity index (χ0n) is 25.7. The Kier molecular flexibility index (Phi) is 8.41. The lowest BCUT2D eigenvalue weighted by Crippen LogP contribution is -2.68. The van der Waals surface area contributed by atoms with Gasteiger partial charge < -0.3 is 33.9 Å². The van der Waals surface area contributed by atoms with E-state index in [9.17, 15) is 18.7 Å². The van der Waals surface area contributed by atoms with Crippen LogP contribution in [0, 0.1) is 0 Å². The molecule has 1 spiro atoms. The summed E-state index contributed by atoms with van der Waals surface area (Å²) in [5.74, 6) is -0.580. The molecule has 1 N–H and O–H groups in total. The number of aromatic nitrogens is 3. The van der Waals surface area contributed by atoms with Crippen molar-refractivity contribution in [2.24, 2.45) is 0 Å². The van der Waals surface area contributed by atoms with Gasteiger partial charge in [-0.25, -0.2) is 28.5 Å². The number of anilines is 2. The minimum atomic E-state index is -2.93. The average molecular weight is 666 g/mol. The van der Waals surface area contributed by atoms with Crippen molar-refractivity contribution in [3.8, 4) is 33.3 Å². The second-order valence-corrected chi connectivity index (χ2v) is 12.7. The SMILES string of the molecule is COc1ccc(-c2cnc(O[C@H]3C[C@@H](C(=O)O)N(c4cc(-c5cccs5)nc(C(F)F)n4)C3)c(N3CCOC4(COC4)[C@@H]3C)c2)cc1. The highest BCUT2D eigenvalue weighted by molar-refractivity contribution is 7.13. The first-order valence-corrected chi connectivity index (χ1v) is 16.1. The maximum Gasteiger partial charge on any atom is 0.326 e. The summed E-state index contributed by atoms with van der Waals surface area (Å²) < 4.78 is 51.3. The van der Waals surface area contributed by atoms with Gasteiger partial charge in [0.15, 0.2) is 5.82 Å². The number of pyridine rings is 1. The van der Waals surface area contributed by atoms with Gasteiger partial charge in [-0.3, -0.25) is 0 Å². The molecule has 3 atom stereocenters. The third-order valence-electron chi connectivity index (χ3n) is 9.03. The smallest absolute Gasteiger partial charge is 0.326 e. The summed E-state index contributed by atoms with van der Waals surface area (Å²) in [6, 6.07) is 13.7. The number of hydrogen-bond acceptors (Lipinski definition) is 11. The molecule has 1 aromatic carbocycles. The summed E-state index contributed by atoms with van der Waals surface area (Å²) in [6.07, 6.45) is -1.73. The number of carbonyl (C=O) groups is 1. The first-order chi connectivity index (χ1) is 22.7. The van der Waals surface area contributed by atoms with E-state index in [1.54, 1.807) is 31.5 Å². The number of nitrogens with zero attached hydrogens (tertiary/aromatic N) is 5. The monoisotopic (exact) mass is 665 g/mol. The zero-order valence-corrected chi connectivity index (χ0v) is 26.5. The van der Waals surface area contributed by atoms with Gasteiger partial charge in [-0.1, -0.05) is 18.2 Å². The highest BCUT2D eigenvalue weighted by atomic mass is 32.1. The molecule has 47 heavy (non-hydrogen) atoms. The normalized spacial score (nSPS) is 22.0. The number of rotatable bonds is 9. The standard InChI is InChI=1S/C33H33F2N5O6S/c1-19-33(17-44-18-33)45-10-9-39(19)25-12-21(20-5-7-22(43-2)8-6-20)15-36-31(25)46-23-13-26(32(41)42)40(16-23)28-14-24(27-4-3-11-47-27)37-30(38-28)29(34)35/h3-8,11-12,14-15,19,23,26,29H,9-10,13,16-18H2,1-2H3,(H,41,42)/t19-,23-,26-/m0/s1. The van der Waals surface area contributed by atoms with Gasteiger partial charge in [0.2, 0.25) is 5.88 Å². The Balaban J connectivity index is 1.22. The highest BCUT2D eigenvalue weighted by Crippen LogP contribution is 2.41. The molecule has 3 aromatic heterocycles. The summed E-state index contributed by atoms with van der Waals surface area (Å²) in [6.45, 7) is 4.23. The third kappa shape index (κ3) is 5.96. The fourth-order valence-electron chi connectivity index (χ4n) is 6.36. The van der Waals surface area contributed by atoms with E-state index in [1.807, 2.05) is 35.7 Å². The quantitative estimate of drug-likeness (QED) is 0.250. The van der Waals surface area contributed by atoms with Crippen LogP contribution in [0.5, 0.6) is 11.6 Å². The van der Waals surface area contributed by atoms with Gasteiger partial charge in [0.1, 0.15) is 35.0 Å². The first-order valence-electron chi connectivity index (χ1n) is 15.2. The van der Waals surface area contributed by atoms with Crippen LogP contribution < -0.4 is 19.3 Å². The van der Waals surface area contributed by atoms with E-state index >= 15 is 0 Å². The molecule has 0 unspecified atom stereocenters. The number of morpholine rings is 1. The molecular weight excluding hydrogens is 632 g/mol. The minimum Gasteiger partial charge on any atom is -0.497 e. The number of halogens is 2. The average Bonchev–Trinajstić information content (AvgIpc) is 3.76. The number of alkyl halides is 2. The Morgan fingerprint density at radius 3 is 2.60 bits per heavy atom. The van der Waals surface area contributed by atoms with Crippen molar-refractivity contribution >= 4 is 28.8 Å². The van der Waals surface area contributed by atoms with Crippen LogP contribution in [0.4, 0.5) is 20.3 Å². The molecular formula is C33H33F2N5O6S. The van der Waals surface area contributed by atoms with Crippen molar-refractivity contribution in [3.63, 3.8) is 0 Å². The van der Waals surface area contributed by atoms with E-state index < -0.39 is 36.0 Å². The number of hydrogen-bond donors (Lipinski definition) is 1. The molecule has 11 nitrogen and oxygen atoms in total. The van der Waals surface area contributed by atoms with Crippen LogP contribution in [0.25, 0.3) is 21.7 Å². The van der Waals surface area contributed by atoms with Crippen molar-refractivity contribution in [2.45, 2.75) is 43.6 Å². The van der Waals surface area contributed by atoms with E-state index in [0.29, 0.717) is 42.8 Å². The number of thiophene rings is 1. The second-order valence-electron chi connectivity index (χ2n) is 11.8. The first kappa shape index (κ1) is 31.2. The van der Waals surface area contributed by atoms with E-state index in [-0.39, 0.29) is 24.8 Å². The van der Waals surface area contributed by atoms with Gasteiger partial charge in [0, 0.05) is 30.8 Å². The van der Waals surface area contributed by atoms with Crippen LogP contribution in [0.3, 0.4) is 0 Å². The molecule has 246 valence electrons. The zero-order chi connectivity index (χ0) is 32.7. The largest absolute Gasteiger partial charge is 0.497 e. The molecule has 3 saturated heterocycles. The molecule has 4 aromatic rings. The van der Waals surface area contributed by atoms with Crippen LogP contribution in [0.2, 0.25) is 0 Å². The molecule has 3 fully saturated rings. The van der Waals surface area contributed by atoms with Gasteiger partial charge >= 0.3 is 5.97 Å². The Hall–Kier alpha value is -4.40. The summed E-state index contributed by atoms with van der Waals surface area (Å²) in [7, 11) is 1.62. The molecule has 0 amide bonds. The van der Waals surface area contributed by atoms with Crippen LogP contribution in [0.1, 0.15) is 25.6 Å². The second kappa shape index (κ2) is 12.7. The maximum absolute atomic E-state index is 13.9. The Morgan fingerprint density at radius 1 is 1.13 bits per heavy atom. The van der Waals surface area contributed by atoms with Crippen molar-refractivity contribution in [1.82, 2.24) is 15.0 Å². The Morgan fingerprint density at radius 2 is 1.94 bits per heavy atom. The van der Waals surface area contributed by atoms with Crippen molar-refractivity contribution in [3.05, 3.63) is 65.9 Å². The van der Waals surface area contributed by atoms with Crippen LogP contribution >= 0.6 is 11.3 Å². The summed E-state index contributed by atoms with van der Waals surface area (Å²) >= 11 is 1.35. The third-order valence-corrected chi connectivity index (χ3v) is 9.92. The number of benzene rings is 1. The minimum absolute atomic E-state index is 0.0587. The van der Waals surface area contributed by atoms with Crippen LogP contribution in [-0.4, -0.2) is 89.8 Å². The Labute approximate surface area is 273 Å². The topological polar surface area (TPSA) is 119 Å². The highest BCUT2D eigenvalue weighted by Gasteiger charge is 2.50. The van der Waals surface area contributed by atoms with Gasteiger partial charge in [-0.2, -0.15) is 0 Å². The number of ether oxygens (including phenoxy) is 4. The molecule has 6 heterocycles. The fraction of sp³-hybridized carbons (Fsp3) is 0.394. The van der Waals surface area contributed by atoms with Crippen molar-refractivity contribution in [2.75, 3.05) is 49.8 Å². The van der Waals surface area contributed by atoms with Gasteiger partial charge in [-0.05, 0) is 42.1 Å². The molecule has 0 bridgehead atoms. The van der Waals surface area contributed by atoms with Crippen molar-refractivity contribution < 1.29 is 37.6 Å². The summed E-state index contributed by atoms with van der Waals surface area (Å²) in [5.41, 5.74) is 2.41. The summed E-state index contributed by atoms with van der Waals surface area (Å²) in [5, 5.41) is 12.0. The number of carboxylic acids is 1. The van der Waals surface area contributed by atoms with E-state index in [2.05, 4.69) is 21.8 Å².